The second-order valence-electron chi connectivity index (χ2n) is 6.32. The molecular formula is C23H20BrN3O4. The van der Waals surface area contributed by atoms with E-state index < -0.39 is 5.91 Å². The molecule has 7 nitrogen and oxygen atoms in total. The first kappa shape index (κ1) is 22.0. The van der Waals surface area contributed by atoms with Gasteiger partial charge in [-0.05, 0) is 54.1 Å². The summed E-state index contributed by atoms with van der Waals surface area (Å²) < 4.78 is 11.2. The molecule has 0 bridgehead atoms. The van der Waals surface area contributed by atoms with Gasteiger partial charge < -0.3 is 14.8 Å². The summed E-state index contributed by atoms with van der Waals surface area (Å²) >= 11 is 3.34. The monoisotopic (exact) mass is 481 g/mol. The number of hydrazone groups is 1. The Morgan fingerprint density at radius 2 is 1.68 bits per heavy atom. The van der Waals surface area contributed by atoms with Crippen LogP contribution in [0.5, 0.6) is 11.5 Å². The smallest absolute Gasteiger partial charge is 0.273 e. The lowest BCUT2D eigenvalue weighted by Crippen LogP contribution is -2.21. The van der Waals surface area contributed by atoms with Crippen LogP contribution in [0.1, 0.15) is 26.3 Å². The van der Waals surface area contributed by atoms with Crippen LogP contribution in [0.3, 0.4) is 0 Å². The van der Waals surface area contributed by atoms with Crippen LogP contribution in [0, 0.1) is 0 Å². The Balaban J connectivity index is 1.71. The number of methoxy groups -OCH3 is 2. The van der Waals surface area contributed by atoms with Gasteiger partial charge in [0.1, 0.15) is 0 Å². The second-order valence-corrected chi connectivity index (χ2v) is 7.24. The van der Waals surface area contributed by atoms with Crippen molar-refractivity contribution in [2.75, 3.05) is 19.5 Å². The third-order valence-corrected chi connectivity index (χ3v) is 4.79. The van der Waals surface area contributed by atoms with Gasteiger partial charge in [0.2, 0.25) is 0 Å². The normalized spacial score (nSPS) is 10.5. The number of carbonyl (C=O) groups is 2. The zero-order valence-corrected chi connectivity index (χ0v) is 18.5. The molecule has 0 heterocycles. The number of halogens is 1. The Bertz CT molecular complexity index is 1130. The molecule has 158 valence electrons. The van der Waals surface area contributed by atoms with Crippen LogP contribution in [0.4, 0.5) is 5.69 Å². The summed E-state index contributed by atoms with van der Waals surface area (Å²) in [4.78, 5) is 25.2. The van der Waals surface area contributed by atoms with E-state index in [1.54, 1.807) is 74.9 Å². The molecule has 0 unspecified atom stereocenters. The maximum absolute atomic E-state index is 12.6. The lowest BCUT2D eigenvalue weighted by Gasteiger charge is -2.10. The minimum Gasteiger partial charge on any atom is -0.493 e. The summed E-state index contributed by atoms with van der Waals surface area (Å²) in [6.45, 7) is 0. The van der Waals surface area contributed by atoms with Crippen LogP contribution in [-0.4, -0.2) is 32.2 Å². The van der Waals surface area contributed by atoms with Gasteiger partial charge in [-0.25, -0.2) is 5.43 Å². The fraction of sp³-hybridized carbons (Fsp3) is 0.0870. The highest BCUT2D eigenvalue weighted by Crippen LogP contribution is 2.26. The van der Waals surface area contributed by atoms with Gasteiger partial charge in [0.05, 0.1) is 31.7 Å². The summed E-state index contributed by atoms with van der Waals surface area (Å²) in [5.74, 6) is 0.370. The lowest BCUT2D eigenvalue weighted by atomic mass is 10.1. The molecule has 0 radical (unpaired) electrons. The molecule has 31 heavy (non-hydrogen) atoms. The zero-order chi connectivity index (χ0) is 22.2. The number of amides is 2. The molecule has 3 aromatic carbocycles. The van der Waals surface area contributed by atoms with Crippen LogP contribution in [0.15, 0.2) is 76.3 Å². The summed E-state index contributed by atoms with van der Waals surface area (Å²) in [5, 5.41) is 6.77. The first-order chi connectivity index (χ1) is 15.0. The quantitative estimate of drug-likeness (QED) is 0.384. The van der Waals surface area contributed by atoms with Crippen molar-refractivity contribution in [2.24, 2.45) is 5.10 Å². The minimum absolute atomic E-state index is 0.287. The fourth-order valence-corrected chi connectivity index (χ4v) is 3.17. The number of benzene rings is 3. The SMILES string of the molecule is COc1ccc(/C=N\NC(=O)c2ccccc2NC(=O)c2cccc(Br)c2)cc1OC. The van der Waals surface area contributed by atoms with E-state index in [1.807, 2.05) is 6.07 Å². The predicted molar refractivity (Wildman–Crippen MR) is 123 cm³/mol. The molecule has 0 aromatic heterocycles. The molecule has 0 aliphatic rings. The van der Waals surface area contributed by atoms with Gasteiger partial charge in [-0.2, -0.15) is 5.10 Å². The van der Waals surface area contributed by atoms with E-state index in [4.69, 9.17) is 9.47 Å². The maximum atomic E-state index is 12.6. The Morgan fingerprint density at radius 3 is 2.42 bits per heavy atom. The summed E-state index contributed by atoms with van der Waals surface area (Å²) in [6.07, 6.45) is 1.49. The zero-order valence-electron chi connectivity index (χ0n) is 16.9. The van der Waals surface area contributed by atoms with Crippen molar-refractivity contribution in [1.82, 2.24) is 5.43 Å². The molecule has 0 spiro atoms. The molecule has 3 aromatic rings. The molecule has 0 fully saturated rings. The van der Waals surface area contributed by atoms with Gasteiger partial charge in [-0.15, -0.1) is 0 Å². The highest BCUT2D eigenvalue weighted by molar-refractivity contribution is 9.10. The number of nitrogens with one attached hydrogen (secondary N) is 2. The summed E-state index contributed by atoms with van der Waals surface area (Å²) in [7, 11) is 3.10. The van der Waals surface area contributed by atoms with Crippen molar-refractivity contribution in [3.05, 3.63) is 87.9 Å². The highest BCUT2D eigenvalue weighted by atomic mass is 79.9. The van der Waals surface area contributed by atoms with E-state index in [0.717, 1.165) is 4.47 Å². The standard InChI is InChI=1S/C23H20BrN3O4/c1-30-20-11-10-15(12-21(20)31-2)14-25-27-23(29)18-8-3-4-9-19(18)26-22(28)16-6-5-7-17(24)13-16/h3-14H,1-2H3,(H,26,28)(H,27,29)/b25-14-. The predicted octanol–water partition coefficient (Wildman–Crippen LogP) is 4.48. The molecular weight excluding hydrogens is 462 g/mol. The van der Waals surface area contributed by atoms with Crippen LogP contribution in [0.2, 0.25) is 0 Å². The van der Waals surface area contributed by atoms with Crippen molar-refractivity contribution >= 4 is 39.6 Å². The van der Waals surface area contributed by atoms with E-state index in [0.29, 0.717) is 28.3 Å². The van der Waals surface area contributed by atoms with Crippen molar-refractivity contribution in [3.8, 4) is 11.5 Å². The van der Waals surface area contributed by atoms with Crippen LogP contribution in [-0.2, 0) is 0 Å². The van der Waals surface area contributed by atoms with Gasteiger partial charge in [0.25, 0.3) is 11.8 Å². The van der Waals surface area contributed by atoms with Crippen molar-refractivity contribution in [1.29, 1.82) is 0 Å². The number of anilines is 1. The molecule has 0 atom stereocenters. The number of hydrogen-bond acceptors (Lipinski definition) is 5. The fourth-order valence-electron chi connectivity index (χ4n) is 2.77. The van der Waals surface area contributed by atoms with Gasteiger partial charge in [-0.1, -0.05) is 34.1 Å². The number of rotatable bonds is 7. The summed E-state index contributed by atoms with van der Waals surface area (Å²) in [6, 6.07) is 19.0. The maximum Gasteiger partial charge on any atom is 0.273 e. The van der Waals surface area contributed by atoms with Crippen molar-refractivity contribution in [2.45, 2.75) is 0 Å². The van der Waals surface area contributed by atoms with Crippen LogP contribution < -0.4 is 20.2 Å². The van der Waals surface area contributed by atoms with E-state index in [1.165, 1.54) is 6.21 Å². The Kier molecular flexibility index (Phi) is 7.40. The number of nitrogens with zero attached hydrogens (tertiary/aromatic N) is 1. The van der Waals surface area contributed by atoms with Gasteiger partial charge in [0, 0.05) is 10.0 Å². The van der Waals surface area contributed by atoms with E-state index in [9.17, 15) is 9.59 Å². The van der Waals surface area contributed by atoms with Gasteiger partial charge in [0.15, 0.2) is 11.5 Å². The van der Waals surface area contributed by atoms with E-state index in [2.05, 4.69) is 31.8 Å². The highest BCUT2D eigenvalue weighted by Gasteiger charge is 2.14. The Morgan fingerprint density at radius 1 is 0.903 bits per heavy atom. The average Bonchev–Trinajstić information content (AvgIpc) is 2.79. The Hall–Kier alpha value is -3.65. The molecule has 0 saturated carbocycles. The third-order valence-electron chi connectivity index (χ3n) is 4.29. The number of para-hydroxylation sites is 1. The second kappa shape index (κ2) is 10.4. The first-order valence-electron chi connectivity index (χ1n) is 9.23. The number of ether oxygens (including phenoxy) is 2. The molecule has 8 heteroatoms. The number of hydrogen-bond donors (Lipinski definition) is 2. The van der Waals surface area contributed by atoms with E-state index in [-0.39, 0.29) is 11.5 Å². The Labute approximate surface area is 188 Å². The van der Waals surface area contributed by atoms with Gasteiger partial charge in [-0.3, -0.25) is 9.59 Å². The number of carbonyl (C=O) groups excluding carboxylic acids is 2. The van der Waals surface area contributed by atoms with Gasteiger partial charge >= 0.3 is 0 Å². The van der Waals surface area contributed by atoms with E-state index >= 15 is 0 Å². The van der Waals surface area contributed by atoms with Crippen LogP contribution >= 0.6 is 15.9 Å². The minimum atomic E-state index is -0.457. The lowest BCUT2D eigenvalue weighted by molar-refractivity contribution is 0.0956. The molecule has 0 aliphatic heterocycles. The summed E-state index contributed by atoms with van der Waals surface area (Å²) in [5.41, 5.74) is 4.33. The topological polar surface area (TPSA) is 89.0 Å². The largest absolute Gasteiger partial charge is 0.493 e. The average molecular weight is 482 g/mol. The van der Waals surface area contributed by atoms with Crippen molar-refractivity contribution in [3.63, 3.8) is 0 Å². The molecule has 3 rings (SSSR count). The first-order valence-corrected chi connectivity index (χ1v) is 10.0. The van der Waals surface area contributed by atoms with Crippen LogP contribution in [0.25, 0.3) is 0 Å². The molecule has 0 aliphatic carbocycles. The third kappa shape index (κ3) is 5.70. The van der Waals surface area contributed by atoms with Crippen molar-refractivity contribution < 1.29 is 19.1 Å². The molecule has 0 saturated heterocycles. The molecule has 2 amide bonds. The molecule has 2 N–H and O–H groups in total.